The van der Waals surface area contributed by atoms with Crippen LogP contribution in [0.1, 0.15) is 32.1 Å². The number of hydrogen-bond donors (Lipinski definition) is 4. The molecule has 2 atom stereocenters. The molecule has 1 amide bonds. The van der Waals surface area contributed by atoms with Gasteiger partial charge in [0.1, 0.15) is 6.04 Å². The van der Waals surface area contributed by atoms with Crippen molar-refractivity contribution in [1.82, 2.24) is 5.32 Å². The standard InChI is InChI=1S/C12H23N3O5/c1-20-10(16)6-5-8(14)11(17)15-9(12(18)19)4-2-3-7-13/h8-9H,2-7,13-14H2,1H3,(H,15,17)(H,18,19)/t8-,9+/m1/s1. The lowest BCUT2D eigenvalue weighted by molar-refractivity contribution is -0.143. The van der Waals surface area contributed by atoms with E-state index in [2.05, 4.69) is 10.1 Å². The van der Waals surface area contributed by atoms with Crippen LogP contribution in [0.25, 0.3) is 0 Å². The van der Waals surface area contributed by atoms with Crippen LogP contribution in [-0.2, 0) is 19.1 Å². The lowest BCUT2D eigenvalue weighted by atomic mass is 10.1. The van der Waals surface area contributed by atoms with E-state index in [0.717, 1.165) is 0 Å². The average Bonchev–Trinajstić information content (AvgIpc) is 2.42. The van der Waals surface area contributed by atoms with Gasteiger partial charge in [0.15, 0.2) is 0 Å². The summed E-state index contributed by atoms with van der Waals surface area (Å²) >= 11 is 0. The van der Waals surface area contributed by atoms with E-state index in [4.69, 9.17) is 16.6 Å². The molecule has 0 aliphatic carbocycles. The number of unbranched alkanes of at least 4 members (excludes halogenated alkanes) is 1. The summed E-state index contributed by atoms with van der Waals surface area (Å²) in [6.45, 7) is 0.471. The predicted molar refractivity (Wildman–Crippen MR) is 71.7 cm³/mol. The third kappa shape index (κ3) is 7.70. The van der Waals surface area contributed by atoms with Gasteiger partial charge in [-0.2, -0.15) is 0 Å². The maximum Gasteiger partial charge on any atom is 0.326 e. The van der Waals surface area contributed by atoms with Crippen molar-refractivity contribution in [2.75, 3.05) is 13.7 Å². The number of ether oxygens (including phenoxy) is 1. The van der Waals surface area contributed by atoms with Crippen molar-refractivity contribution in [2.24, 2.45) is 11.5 Å². The molecule has 0 fully saturated rings. The molecule has 0 aliphatic rings. The first kappa shape index (κ1) is 18.3. The van der Waals surface area contributed by atoms with E-state index < -0.39 is 29.9 Å². The minimum absolute atomic E-state index is 0.00992. The quantitative estimate of drug-likeness (QED) is 0.297. The Morgan fingerprint density at radius 1 is 1.25 bits per heavy atom. The summed E-state index contributed by atoms with van der Waals surface area (Å²) < 4.78 is 4.43. The van der Waals surface area contributed by atoms with Crippen LogP contribution in [0.4, 0.5) is 0 Å². The number of carboxylic acids is 1. The van der Waals surface area contributed by atoms with Gasteiger partial charge in [-0.15, -0.1) is 0 Å². The van der Waals surface area contributed by atoms with E-state index >= 15 is 0 Å². The molecule has 116 valence electrons. The van der Waals surface area contributed by atoms with E-state index in [9.17, 15) is 14.4 Å². The van der Waals surface area contributed by atoms with Crippen molar-refractivity contribution in [3.63, 3.8) is 0 Å². The molecule has 0 radical (unpaired) electrons. The van der Waals surface area contributed by atoms with Crippen molar-refractivity contribution in [2.45, 2.75) is 44.2 Å². The van der Waals surface area contributed by atoms with Crippen LogP contribution in [-0.4, -0.2) is 48.7 Å². The summed E-state index contributed by atoms with van der Waals surface area (Å²) in [7, 11) is 1.24. The molecule has 0 saturated carbocycles. The Kier molecular flexibility index (Phi) is 9.31. The number of amides is 1. The molecule has 0 aliphatic heterocycles. The lowest BCUT2D eigenvalue weighted by Crippen LogP contribution is -2.48. The molecule has 0 aromatic rings. The largest absolute Gasteiger partial charge is 0.480 e. The van der Waals surface area contributed by atoms with Gasteiger partial charge in [0.05, 0.1) is 13.2 Å². The number of methoxy groups -OCH3 is 1. The Bertz CT molecular complexity index is 335. The molecular weight excluding hydrogens is 266 g/mol. The monoisotopic (exact) mass is 289 g/mol. The molecular formula is C12H23N3O5. The SMILES string of the molecule is COC(=O)CC[C@@H](N)C(=O)N[C@@H](CCCCN)C(=O)O. The minimum Gasteiger partial charge on any atom is -0.480 e. The normalized spacial score (nSPS) is 13.3. The molecule has 20 heavy (non-hydrogen) atoms. The fourth-order valence-corrected chi connectivity index (χ4v) is 1.54. The highest BCUT2D eigenvalue weighted by atomic mass is 16.5. The van der Waals surface area contributed by atoms with Gasteiger partial charge in [-0.3, -0.25) is 9.59 Å². The first-order chi connectivity index (χ1) is 9.42. The number of esters is 1. The van der Waals surface area contributed by atoms with Gasteiger partial charge in [-0.05, 0) is 32.2 Å². The molecule has 0 heterocycles. The first-order valence-corrected chi connectivity index (χ1v) is 6.48. The van der Waals surface area contributed by atoms with Crippen LogP contribution < -0.4 is 16.8 Å². The smallest absolute Gasteiger partial charge is 0.326 e. The van der Waals surface area contributed by atoms with Crippen LogP contribution in [0, 0.1) is 0 Å². The molecule has 0 saturated heterocycles. The minimum atomic E-state index is -1.12. The van der Waals surface area contributed by atoms with Gasteiger partial charge in [0, 0.05) is 6.42 Å². The van der Waals surface area contributed by atoms with Crippen LogP contribution >= 0.6 is 0 Å². The topological polar surface area (TPSA) is 145 Å². The number of nitrogens with two attached hydrogens (primary N) is 2. The third-order valence-electron chi connectivity index (χ3n) is 2.79. The molecule has 0 spiro atoms. The fourth-order valence-electron chi connectivity index (χ4n) is 1.54. The van der Waals surface area contributed by atoms with Crippen LogP contribution in [0.5, 0.6) is 0 Å². The van der Waals surface area contributed by atoms with E-state index in [-0.39, 0.29) is 12.8 Å². The van der Waals surface area contributed by atoms with Gasteiger partial charge >= 0.3 is 11.9 Å². The second-order valence-electron chi connectivity index (χ2n) is 4.41. The number of carboxylic acid groups (broad SMARTS) is 1. The van der Waals surface area contributed by atoms with Gasteiger partial charge in [0.25, 0.3) is 0 Å². The molecule has 0 bridgehead atoms. The van der Waals surface area contributed by atoms with Crippen LogP contribution in [0.15, 0.2) is 0 Å². The zero-order valence-electron chi connectivity index (χ0n) is 11.6. The first-order valence-electron chi connectivity index (χ1n) is 6.48. The van der Waals surface area contributed by atoms with Crippen molar-refractivity contribution in [1.29, 1.82) is 0 Å². The summed E-state index contributed by atoms with van der Waals surface area (Å²) in [5, 5.41) is 11.4. The summed E-state index contributed by atoms with van der Waals surface area (Å²) in [5.41, 5.74) is 10.9. The van der Waals surface area contributed by atoms with E-state index in [1.54, 1.807) is 0 Å². The Balaban J connectivity index is 4.22. The zero-order valence-corrected chi connectivity index (χ0v) is 11.6. The Labute approximate surface area is 117 Å². The second-order valence-corrected chi connectivity index (χ2v) is 4.41. The Morgan fingerprint density at radius 2 is 1.90 bits per heavy atom. The molecule has 0 rings (SSSR count). The summed E-state index contributed by atoms with van der Waals surface area (Å²) in [5.74, 6) is -2.17. The Hall–Kier alpha value is -1.67. The molecule has 8 heteroatoms. The summed E-state index contributed by atoms with van der Waals surface area (Å²) in [4.78, 5) is 33.6. The average molecular weight is 289 g/mol. The van der Waals surface area contributed by atoms with Gasteiger partial charge in [-0.1, -0.05) is 0 Å². The second kappa shape index (κ2) is 10.2. The molecule has 0 aromatic carbocycles. The maximum atomic E-state index is 11.7. The summed E-state index contributed by atoms with van der Waals surface area (Å²) in [6.07, 6.45) is 1.70. The van der Waals surface area contributed by atoms with E-state index in [1.807, 2.05) is 0 Å². The van der Waals surface area contributed by atoms with E-state index in [1.165, 1.54) is 7.11 Å². The molecule has 6 N–H and O–H groups in total. The van der Waals surface area contributed by atoms with Crippen LogP contribution in [0.3, 0.4) is 0 Å². The Morgan fingerprint density at radius 3 is 2.40 bits per heavy atom. The highest BCUT2D eigenvalue weighted by Gasteiger charge is 2.23. The van der Waals surface area contributed by atoms with Crippen LogP contribution in [0.2, 0.25) is 0 Å². The number of nitrogens with one attached hydrogen (secondary N) is 1. The number of hydrogen-bond acceptors (Lipinski definition) is 6. The van der Waals surface area contributed by atoms with Gasteiger partial charge < -0.3 is 26.6 Å². The fraction of sp³-hybridized carbons (Fsp3) is 0.750. The summed E-state index contributed by atoms with van der Waals surface area (Å²) in [6, 6.07) is -1.93. The molecule has 0 aromatic heterocycles. The highest BCUT2D eigenvalue weighted by Crippen LogP contribution is 2.03. The van der Waals surface area contributed by atoms with Crippen molar-refractivity contribution >= 4 is 17.8 Å². The number of aliphatic carboxylic acids is 1. The lowest BCUT2D eigenvalue weighted by Gasteiger charge is -2.17. The van der Waals surface area contributed by atoms with Crippen molar-refractivity contribution in [3.8, 4) is 0 Å². The van der Waals surface area contributed by atoms with Crippen molar-refractivity contribution < 1.29 is 24.2 Å². The predicted octanol–water partition coefficient (Wildman–Crippen LogP) is -1.03. The molecule has 0 unspecified atom stereocenters. The maximum absolute atomic E-state index is 11.7. The molecule has 8 nitrogen and oxygen atoms in total. The van der Waals surface area contributed by atoms with Gasteiger partial charge in [0.2, 0.25) is 5.91 Å². The third-order valence-corrected chi connectivity index (χ3v) is 2.79. The number of rotatable bonds is 10. The highest BCUT2D eigenvalue weighted by molar-refractivity contribution is 5.87. The number of carbonyl (C=O) groups is 3. The number of carbonyl (C=O) groups excluding carboxylic acids is 2. The van der Waals surface area contributed by atoms with E-state index in [0.29, 0.717) is 25.8 Å². The van der Waals surface area contributed by atoms with Gasteiger partial charge in [-0.25, -0.2) is 4.79 Å². The van der Waals surface area contributed by atoms with Crippen molar-refractivity contribution in [3.05, 3.63) is 0 Å². The zero-order chi connectivity index (χ0) is 15.5.